The Bertz CT molecular complexity index is 828. The number of thiophene rings is 1. The molecule has 1 aliphatic heterocycles. The average molecular weight is 324 g/mol. The maximum atomic E-state index is 13.0. The van der Waals surface area contributed by atoms with Gasteiger partial charge in [-0.25, -0.2) is 0 Å². The highest BCUT2D eigenvalue weighted by Crippen LogP contribution is 2.32. The molecule has 1 amide bonds. The maximum Gasteiger partial charge on any atom is 0.270 e. The lowest BCUT2D eigenvalue weighted by atomic mass is 10.1. The van der Waals surface area contributed by atoms with Crippen molar-refractivity contribution in [3.05, 3.63) is 59.1 Å². The third-order valence-electron chi connectivity index (χ3n) is 4.73. The fourth-order valence-electron chi connectivity index (χ4n) is 3.46. The van der Waals surface area contributed by atoms with Gasteiger partial charge in [-0.1, -0.05) is 30.3 Å². The van der Waals surface area contributed by atoms with Crippen molar-refractivity contribution < 1.29 is 4.79 Å². The van der Waals surface area contributed by atoms with E-state index in [0.29, 0.717) is 0 Å². The van der Waals surface area contributed by atoms with Crippen LogP contribution in [-0.4, -0.2) is 28.5 Å². The molecule has 1 aromatic carbocycles. The van der Waals surface area contributed by atoms with Gasteiger partial charge in [0.2, 0.25) is 0 Å². The summed E-state index contributed by atoms with van der Waals surface area (Å²) >= 11 is 1.71. The summed E-state index contributed by atoms with van der Waals surface area (Å²) in [7, 11) is 0. The summed E-state index contributed by atoms with van der Waals surface area (Å²) in [5, 5.41) is 3.27. The molecule has 23 heavy (non-hydrogen) atoms. The molecule has 4 heteroatoms. The van der Waals surface area contributed by atoms with Crippen LogP contribution in [-0.2, 0) is 0 Å². The van der Waals surface area contributed by atoms with Gasteiger partial charge in [-0.15, -0.1) is 11.3 Å². The van der Waals surface area contributed by atoms with Crippen molar-refractivity contribution in [1.82, 2.24) is 9.47 Å². The van der Waals surface area contributed by atoms with E-state index in [9.17, 15) is 4.79 Å². The maximum absolute atomic E-state index is 13.0. The molecule has 3 nitrogen and oxygen atoms in total. The van der Waals surface area contributed by atoms with Crippen molar-refractivity contribution in [1.29, 1.82) is 0 Å². The first-order chi connectivity index (χ1) is 11.3. The van der Waals surface area contributed by atoms with E-state index in [2.05, 4.69) is 53.3 Å². The zero-order valence-electron chi connectivity index (χ0n) is 13.2. The normalized spacial score (nSPS) is 16.1. The summed E-state index contributed by atoms with van der Waals surface area (Å²) < 4.78 is 2.22. The molecule has 4 rings (SSSR count). The van der Waals surface area contributed by atoms with Gasteiger partial charge in [0.15, 0.2) is 0 Å². The lowest BCUT2D eigenvalue weighted by Crippen LogP contribution is -2.30. The van der Waals surface area contributed by atoms with Crippen LogP contribution in [0.4, 0.5) is 0 Å². The van der Waals surface area contributed by atoms with E-state index < -0.39 is 0 Å². The third kappa shape index (κ3) is 2.47. The van der Waals surface area contributed by atoms with Crippen LogP contribution in [0.3, 0.4) is 0 Å². The molecule has 1 fully saturated rings. The Morgan fingerprint density at radius 2 is 1.87 bits per heavy atom. The predicted octanol–water partition coefficient (Wildman–Crippen LogP) is 4.55. The molecular formula is C19H20N2OS. The Balaban J connectivity index is 1.82. The van der Waals surface area contributed by atoms with E-state index in [-0.39, 0.29) is 11.9 Å². The van der Waals surface area contributed by atoms with Gasteiger partial charge in [-0.05, 0) is 42.8 Å². The van der Waals surface area contributed by atoms with E-state index in [1.165, 1.54) is 15.8 Å². The molecule has 0 spiro atoms. The minimum atomic E-state index is 0.147. The van der Waals surface area contributed by atoms with E-state index in [1.54, 1.807) is 11.3 Å². The van der Waals surface area contributed by atoms with Crippen molar-refractivity contribution in [2.24, 2.45) is 0 Å². The van der Waals surface area contributed by atoms with Crippen LogP contribution in [0.15, 0.2) is 47.8 Å². The lowest BCUT2D eigenvalue weighted by molar-refractivity contribution is 0.0781. The standard InChI is InChI=1S/C19H20N2OS/c1-14(15-7-3-2-4-8-15)21-17(13-16-9-12-23-19(16)21)18(22)20-10-5-6-11-20/h2-4,7-9,12-14H,5-6,10-11H2,1H3/t14-/m0/s1. The summed E-state index contributed by atoms with van der Waals surface area (Å²) in [5.41, 5.74) is 2.05. The van der Waals surface area contributed by atoms with Crippen LogP contribution in [0, 0.1) is 0 Å². The van der Waals surface area contributed by atoms with Gasteiger partial charge < -0.3 is 9.47 Å². The van der Waals surface area contributed by atoms with Crippen LogP contribution < -0.4 is 0 Å². The number of benzene rings is 1. The van der Waals surface area contributed by atoms with Crippen LogP contribution in [0.25, 0.3) is 10.2 Å². The van der Waals surface area contributed by atoms with Crippen LogP contribution in [0.5, 0.6) is 0 Å². The molecule has 2 aromatic heterocycles. The van der Waals surface area contributed by atoms with Gasteiger partial charge in [0.1, 0.15) is 10.5 Å². The molecule has 118 valence electrons. The van der Waals surface area contributed by atoms with Crippen LogP contribution >= 0.6 is 11.3 Å². The van der Waals surface area contributed by atoms with Crippen molar-refractivity contribution >= 4 is 27.5 Å². The molecule has 3 aromatic rings. The first kappa shape index (κ1) is 14.5. The number of hydrogen-bond acceptors (Lipinski definition) is 2. The van der Waals surface area contributed by atoms with Gasteiger partial charge in [0, 0.05) is 18.5 Å². The zero-order chi connectivity index (χ0) is 15.8. The minimum absolute atomic E-state index is 0.147. The van der Waals surface area contributed by atoms with E-state index in [4.69, 9.17) is 0 Å². The van der Waals surface area contributed by atoms with Gasteiger partial charge in [-0.2, -0.15) is 0 Å². The van der Waals surface area contributed by atoms with Crippen LogP contribution in [0.2, 0.25) is 0 Å². The van der Waals surface area contributed by atoms with Crippen LogP contribution in [0.1, 0.15) is 41.9 Å². The highest BCUT2D eigenvalue weighted by molar-refractivity contribution is 7.16. The van der Waals surface area contributed by atoms with Gasteiger partial charge >= 0.3 is 0 Å². The molecule has 1 saturated heterocycles. The summed E-state index contributed by atoms with van der Waals surface area (Å²) in [6, 6.07) is 14.7. The predicted molar refractivity (Wildman–Crippen MR) is 95.2 cm³/mol. The number of likely N-dealkylation sites (tertiary alicyclic amines) is 1. The third-order valence-corrected chi connectivity index (χ3v) is 5.65. The number of carbonyl (C=O) groups is 1. The van der Waals surface area contributed by atoms with Gasteiger partial charge in [0.05, 0.1) is 6.04 Å². The second-order valence-corrected chi connectivity index (χ2v) is 7.06. The monoisotopic (exact) mass is 324 g/mol. The SMILES string of the molecule is C[C@@H](c1ccccc1)n1c(C(=O)N2CCCC2)cc2ccsc21. The Hall–Kier alpha value is -2.07. The molecule has 0 radical (unpaired) electrons. The first-order valence-corrected chi connectivity index (χ1v) is 9.06. The van der Waals surface area contributed by atoms with Crippen molar-refractivity contribution in [2.75, 3.05) is 13.1 Å². The molecule has 0 bridgehead atoms. The van der Waals surface area contributed by atoms with Crippen molar-refractivity contribution in [3.8, 4) is 0 Å². The Kier molecular flexibility index (Phi) is 3.69. The highest BCUT2D eigenvalue weighted by atomic mass is 32.1. The second-order valence-electron chi connectivity index (χ2n) is 6.17. The summed E-state index contributed by atoms with van der Waals surface area (Å²) in [6.45, 7) is 3.95. The molecule has 0 unspecified atom stereocenters. The molecule has 0 N–H and O–H groups in total. The van der Waals surface area contributed by atoms with E-state index in [1.807, 2.05) is 11.0 Å². The smallest absolute Gasteiger partial charge is 0.270 e. The van der Waals surface area contributed by atoms with E-state index >= 15 is 0 Å². The quantitative estimate of drug-likeness (QED) is 0.694. The number of amides is 1. The molecule has 0 saturated carbocycles. The Labute approximate surface area is 140 Å². The van der Waals surface area contributed by atoms with Gasteiger partial charge in [-0.3, -0.25) is 4.79 Å². The fourth-order valence-corrected chi connectivity index (χ4v) is 4.43. The molecule has 1 atom stereocenters. The van der Waals surface area contributed by atoms with Crippen molar-refractivity contribution in [3.63, 3.8) is 0 Å². The first-order valence-electron chi connectivity index (χ1n) is 8.18. The number of aromatic nitrogens is 1. The lowest BCUT2D eigenvalue weighted by Gasteiger charge is -2.21. The largest absolute Gasteiger partial charge is 0.337 e. The zero-order valence-corrected chi connectivity index (χ0v) is 14.1. The second kappa shape index (κ2) is 5.85. The van der Waals surface area contributed by atoms with E-state index in [0.717, 1.165) is 31.6 Å². The number of rotatable bonds is 3. The topological polar surface area (TPSA) is 25.2 Å². The molecule has 1 aliphatic rings. The highest BCUT2D eigenvalue weighted by Gasteiger charge is 2.26. The summed E-state index contributed by atoms with van der Waals surface area (Å²) in [6.07, 6.45) is 2.24. The number of hydrogen-bond donors (Lipinski definition) is 0. The molecular weight excluding hydrogens is 304 g/mol. The number of carbonyl (C=O) groups excluding carboxylic acids is 1. The summed E-state index contributed by atoms with van der Waals surface area (Å²) in [4.78, 5) is 16.2. The minimum Gasteiger partial charge on any atom is -0.337 e. The van der Waals surface area contributed by atoms with Gasteiger partial charge in [0.25, 0.3) is 5.91 Å². The Morgan fingerprint density at radius 3 is 2.61 bits per heavy atom. The average Bonchev–Trinajstić information content (AvgIpc) is 3.30. The summed E-state index contributed by atoms with van der Waals surface area (Å²) in [5.74, 6) is 0.175. The number of fused-ring (bicyclic) bond motifs is 1. The van der Waals surface area contributed by atoms with Crippen molar-refractivity contribution in [2.45, 2.75) is 25.8 Å². The fraction of sp³-hybridized carbons (Fsp3) is 0.316. The molecule has 3 heterocycles. The Morgan fingerprint density at radius 1 is 1.13 bits per heavy atom. The number of nitrogens with zero attached hydrogens (tertiary/aromatic N) is 2. The molecule has 0 aliphatic carbocycles.